The Balaban J connectivity index is 1.21. The number of amides is 1. The molecule has 0 unspecified atom stereocenters. The average Bonchev–Trinajstić information content (AvgIpc) is 2.88. The van der Waals surface area contributed by atoms with Crippen LogP contribution in [0, 0.1) is 13.8 Å². The molecular weight excluding hydrogens is 466 g/mol. The predicted molar refractivity (Wildman–Crippen MR) is 146 cm³/mol. The molecule has 1 amide bonds. The van der Waals surface area contributed by atoms with E-state index in [9.17, 15) is 4.79 Å². The zero-order chi connectivity index (χ0) is 25.4. The second-order valence-electron chi connectivity index (χ2n) is 9.55. The van der Waals surface area contributed by atoms with E-state index in [1.807, 2.05) is 43.6 Å². The Morgan fingerprint density at radius 3 is 2.81 bits per heavy atom. The van der Waals surface area contributed by atoms with Crippen LogP contribution in [0.1, 0.15) is 17.5 Å². The Labute approximate surface area is 215 Å². The largest absolute Gasteiger partial charge is 0.474 e. The lowest BCUT2D eigenvalue weighted by molar-refractivity contribution is -0.118. The molecule has 2 aromatic heterocycles. The van der Waals surface area contributed by atoms with E-state index < -0.39 is 0 Å². The van der Waals surface area contributed by atoms with Crippen molar-refractivity contribution in [3.05, 3.63) is 59.9 Å². The molecule has 2 aliphatic heterocycles. The second kappa shape index (κ2) is 9.67. The number of rotatable bonds is 6. The van der Waals surface area contributed by atoms with Crippen molar-refractivity contribution < 1.29 is 9.53 Å². The van der Waals surface area contributed by atoms with Crippen molar-refractivity contribution in [2.45, 2.75) is 20.3 Å². The minimum Gasteiger partial charge on any atom is -0.474 e. The van der Waals surface area contributed by atoms with Gasteiger partial charge in [-0.3, -0.25) is 9.69 Å². The molecule has 9 nitrogen and oxygen atoms in total. The molecule has 4 heterocycles. The molecule has 4 aromatic rings. The summed E-state index contributed by atoms with van der Waals surface area (Å²) in [7, 11) is 0. The van der Waals surface area contributed by atoms with Gasteiger partial charge in [0.15, 0.2) is 0 Å². The van der Waals surface area contributed by atoms with Crippen LogP contribution in [0.15, 0.2) is 48.8 Å². The molecule has 3 N–H and O–H groups in total. The van der Waals surface area contributed by atoms with Gasteiger partial charge in [0, 0.05) is 41.3 Å². The van der Waals surface area contributed by atoms with E-state index in [1.54, 1.807) is 0 Å². The van der Waals surface area contributed by atoms with Gasteiger partial charge in [-0.1, -0.05) is 12.1 Å². The summed E-state index contributed by atoms with van der Waals surface area (Å²) in [5, 5.41) is 10.7. The van der Waals surface area contributed by atoms with E-state index in [0.717, 1.165) is 69.9 Å². The van der Waals surface area contributed by atoms with Crippen LogP contribution in [0.5, 0.6) is 5.88 Å². The normalized spacial score (nSPS) is 14.8. The van der Waals surface area contributed by atoms with Crippen LogP contribution in [0.25, 0.3) is 22.0 Å². The summed E-state index contributed by atoms with van der Waals surface area (Å²) in [6.45, 7) is 7.89. The molecule has 37 heavy (non-hydrogen) atoms. The second-order valence-corrected chi connectivity index (χ2v) is 9.55. The predicted octanol–water partition coefficient (Wildman–Crippen LogP) is 4.50. The first-order valence-electron chi connectivity index (χ1n) is 12.6. The minimum absolute atomic E-state index is 0.0184. The molecule has 0 bridgehead atoms. The minimum atomic E-state index is 0.0184. The van der Waals surface area contributed by atoms with Crippen molar-refractivity contribution in [1.82, 2.24) is 19.9 Å². The number of ether oxygens (including phenoxy) is 1. The van der Waals surface area contributed by atoms with Gasteiger partial charge in [0.2, 0.25) is 17.7 Å². The fourth-order valence-electron chi connectivity index (χ4n) is 4.71. The first kappa shape index (κ1) is 23.2. The third kappa shape index (κ3) is 4.77. The number of hydrogen-bond acceptors (Lipinski definition) is 8. The lowest BCUT2D eigenvalue weighted by atomic mass is 10.00. The molecule has 2 aromatic carbocycles. The summed E-state index contributed by atoms with van der Waals surface area (Å²) >= 11 is 0. The summed E-state index contributed by atoms with van der Waals surface area (Å²) in [4.78, 5) is 28.2. The average molecular weight is 496 g/mol. The fourth-order valence-corrected chi connectivity index (χ4v) is 4.71. The van der Waals surface area contributed by atoms with Crippen molar-refractivity contribution in [3.8, 4) is 17.0 Å². The van der Waals surface area contributed by atoms with E-state index in [-0.39, 0.29) is 5.91 Å². The first-order chi connectivity index (χ1) is 18.0. The van der Waals surface area contributed by atoms with Gasteiger partial charge in [0.1, 0.15) is 12.3 Å². The monoisotopic (exact) mass is 495 g/mol. The van der Waals surface area contributed by atoms with Crippen LogP contribution < -0.4 is 20.7 Å². The number of fused-ring (bicyclic) bond motifs is 2. The molecule has 188 valence electrons. The molecule has 9 heteroatoms. The van der Waals surface area contributed by atoms with Crippen LogP contribution >= 0.6 is 0 Å². The number of aromatic nitrogens is 3. The zero-order valence-corrected chi connectivity index (χ0v) is 21.0. The fraction of sp³-hybridized carbons (Fsp3) is 0.286. The smallest absolute Gasteiger partial charge is 0.238 e. The molecule has 0 saturated carbocycles. The molecule has 1 fully saturated rings. The first-order valence-corrected chi connectivity index (χ1v) is 12.6. The molecule has 0 atom stereocenters. The van der Waals surface area contributed by atoms with Gasteiger partial charge in [-0.2, -0.15) is 0 Å². The molecule has 0 spiro atoms. The van der Waals surface area contributed by atoms with E-state index in [1.165, 1.54) is 6.42 Å². The van der Waals surface area contributed by atoms with Gasteiger partial charge >= 0.3 is 0 Å². The molecule has 0 radical (unpaired) electrons. The van der Waals surface area contributed by atoms with Crippen molar-refractivity contribution >= 4 is 39.8 Å². The highest BCUT2D eigenvalue weighted by Crippen LogP contribution is 2.36. The van der Waals surface area contributed by atoms with Crippen molar-refractivity contribution in [1.29, 1.82) is 0 Å². The number of pyridine rings is 1. The van der Waals surface area contributed by atoms with Crippen LogP contribution in [-0.2, 0) is 4.79 Å². The number of nitrogens with one attached hydrogen (secondary N) is 3. The number of carbonyl (C=O) groups is 1. The van der Waals surface area contributed by atoms with Crippen molar-refractivity contribution in [3.63, 3.8) is 0 Å². The van der Waals surface area contributed by atoms with Crippen molar-refractivity contribution in [2.24, 2.45) is 0 Å². The van der Waals surface area contributed by atoms with Gasteiger partial charge in [-0.15, -0.1) is 0 Å². The summed E-state index contributed by atoms with van der Waals surface area (Å²) in [6, 6.07) is 12.0. The summed E-state index contributed by atoms with van der Waals surface area (Å²) < 4.78 is 5.67. The SMILES string of the molecule is Cc1cc(Nc2ncc3ccc(-c4cnc5c(c4C)NCCO5)cc3n2)ccc1NC(=O)CN1CCC1. The van der Waals surface area contributed by atoms with E-state index in [0.29, 0.717) is 25.0 Å². The Kier molecular flexibility index (Phi) is 6.05. The molecular formula is C28H29N7O2. The van der Waals surface area contributed by atoms with E-state index in [2.05, 4.69) is 49.9 Å². The van der Waals surface area contributed by atoms with Crippen LogP contribution in [0.3, 0.4) is 0 Å². The number of benzene rings is 2. The highest BCUT2D eigenvalue weighted by Gasteiger charge is 2.18. The topological polar surface area (TPSA) is 104 Å². The number of aryl methyl sites for hydroxylation is 1. The highest BCUT2D eigenvalue weighted by molar-refractivity contribution is 5.93. The summed E-state index contributed by atoms with van der Waals surface area (Å²) in [5.41, 5.74) is 7.60. The lowest BCUT2D eigenvalue weighted by Gasteiger charge is -2.29. The molecule has 6 rings (SSSR count). The Bertz CT molecular complexity index is 1500. The zero-order valence-electron chi connectivity index (χ0n) is 21.0. The Morgan fingerprint density at radius 2 is 2.00 bits per heavy atom. The maximum atomic E-state index is 12.3. The maximum absolute atomic E-state index is 12.3. The van der Waals surface area contributed by atoms with Crippen LogP contribution in [-0.4, -0.2) is 58.5 Å². The number of anilines is 4. The molecule has 2 aliphatic rings. The van der Waals surface area contributed by atoms with Gasteiger partial charge in [-0.05, 0) is 74.3 Å². The van der Waals surface area contributed by atoms with E-state index >= 15 is 0 Å². The lowest BCUT2D eigenvalue weighted by Crippen LogP contribution is -2.42. The van der Waals surface area contributed by atoms with E-state index in [4.69, 9.17) is 9.72 Å². The summed E-state index contributed by atoms with van der Waals surface area (Å²) in [5.74, 6) is 1.18. The Morgan fingerprint density at radius 1 is 1.11 bits per heavy atom. The molecule has 0 aliphatic carbocycles. The van der Waals surface area contributed by atoms with Gasteiger partial charge in [0.25, 0.3) is 0 Å². The third-order valence-electron chi connectivity index (χ3n) is 6.91. The third-order valence-corrected chi connectivity index (χ3v) is 6.91. The van der Waals surface area contributed by atoms with Gasteiger partial charge in [0.05, 0.1) is 12.1 Å². The number of hydrogen-bond donors (Lipinski definition) is 3. The quantitative estimate of drug-likeness (QED) is 0.359. The number of likely N-dealkylation sites (tertiary alicyclic amines) is 1. The van der Waals surface area contributed by atoms with Gasteiger partial charge < -0.3 is 20.7 Å². The number of carbonyl (C=O) groups excluding carboxylic acids is 1. The summed E-state index contributed by atoms with van der Waals surface area (Å²) in [6.07, 6.45) is 4.84. The van der Waals surface area contributed by atoms with Crippen molar-refractivity contribution in [2.75, 3.05) is 48.7 Å². The maximum Gasteiger partial charge on any atom is 0.238 e. The standard InChI is InChI=1S/C28H29N7O2/c1-17-12-21(6-7-23(17)33-25(36)16-35-9-3-10-35)32-28-31-14-20-5-4-19(13-24(20)34-28)22-15-30-27-26(18(22)2)29-8-11-37-27/h4-7,12-15,29H,3,8-11,16H2,1-2H3,(H,33,36)(H,31,32,34). The Hall–Kier alpha value is -4.24. The van der Waals surface area contributed by atoms with Gasteiger partial charge in [-0.25, -0.2) is 15.0 Å². The van der Waals surface area contributed by atoms with Crippen LogP contribution in [0.4, 0.5) is 23.0 Å². The molecule has 1 saturated heterocycles. The van der Waals surface area contributed by atoms with Crippen LogP contribution in [0.2, 0.25) is 0 Å². The number of nitrogens with zero attached hydrogens (tertiary/aromatic N) is 4. The highest BCUT2D eigenvalue weighted by atomic mass is 16.5.